The maximum Gasteiger partial charge on any atom is 0.406 e. The minimum Gasteiger partial charge on any atom is -0.340 e. The summed E-state index contributed by atoms with van der Waals surface area (Å²) >= 11 is 0. The molecule has 5 rings (SSSR count). The van der Waals surface area contributed by atoms with Crippen LogP contribution in [0.15, 0.2) is 42.5 Å². The summed E-state index contributed by atoms with van der Waals surface area (Å²) in [6.45, 7) is 2.07. The van der Waals surface area contributed by atoms with Crippen molar-refractivity contribution < 1.29 is 32.3 Å². The van der Waals surface area contributed by atoms with Crippen molar-refractivity contribution in [1.29, 1.82) is 0 Å². The molecule has 0 bridgehead atoms. The van der Waals surface area contributed by atoms with Gasteiger partial charge in [-0.15, -0.1) is 0 Å². The molecular formula is C28H29F3N4O4. The van der Waals surface area contributed by atoms with Crippen molar-refractivity contribution in [2.45, 2.75) is 62.8 Å². The summed E-state index contributed by atoms with van der Waals surface area (Å²) in [7, 11) is 1.55. The lowest BCUT2D eigenvalue weighted by Crippen LogP contribution is -2.59. The molecule has 3 aliphatic rings. The number of fused-ring (bicyclic) bond motifs is 1. The summed E-state index contributed by atoms with van der Waals surface area (Å²) in [6.07, 6.45) is -3.90. The fraction of sp³-hybridized carbons (Fsp3) is 0.429. The number of nitrogens with one attached hydrogen (secondary N) is 2. The molecule has 2 aromatic rings. The van der Waals surface area contributed by atoms with Crippen LogP contribution in [0.5, 0.6) is 0 Å². The van der Waals surface area contributed by atoms with Gasteiger partial charge >= 0.3 is 12.2 Å². The zero-order valence-electron chi connectivity index (χ0n) is 21.8. The van der Waals surface area contributed by atoms with E-state index in [1.807, 2.05) is 25.1 Å². The van der Waals surface area contributed by atoms with Gasteiger partial charge in [0, 0.05) is 37.4 Å². The largest absolute Gasteiger partial charge is 0.406 e. The predicted octanol–water partition coefficient (Wildman–Crippen LogP) is 3.08. The van der Waals surface area contributed by atoms with Crippen molar-refractivity contribution in [3.05, 3.63) is 70.3 Å². The monoisotopic (exact) mass is 542 g/mol. The van der Waals surface area contributed by atoms with Gasteiger partial charge in [0.25, 0.3) is 11.8 Å². The Morgan fingerprint density at radius 3 is 2.44 bits per heavy atom. The van der Waals surface area contributed by atoms with Crippen molar-refractivity contribution in [2.75, 3.05) is 13.6 Å². The molecule has 206 valence electrons. The smallest absolute Gasteiger partial charge is 0.340 e. The van der Waals surface area contributed by atoms with Crippen LogP contribution in [-0.2, 0) is 22.4 Å². The predicted molar refractivity (Wildman–Crippen MR) is 135 cm³/mol. The summed E-state index contributed by atoms with van der Waals surface area (Å²) in [6, 6.07) is 9.89. The lowest BCUT2D eigenvalue weighted by Gasteiger charge is -2.43. The summed E-state index contributed by atoms with van der Waals surface area (Å²) in [5, 5.41) is 5.00. The maximum absolute atomic E-state index is 13.4. The molecule has 8 nitrogen and oxygen atoms in total. The summed E-state index contributed by atoms with van der Waals surface area (Å²) in [5.74, 6) is -2.18. The number of rotatable bonds is 4. The van der Waals surface area contributed by atoms with Gasteiger partial charge in [-0.3, -0.25) is 19.7 Å². The average molecular weight is 543 g/mol. The van der Waals surface area contributed by atoms with Crippen molar-refractivity contribution in [3.8, 4) is 0 Å². The van der Waals surface area contributed by atoms with E-state index >= 15 is 0 Å². The molecule has 2 fully saturated rings. The number of halogens is 3. The van der Waals surface area contributed by atoms with Crippen LogP contribution >= 0.6 is 0 Å². The van der Waals surface area contributed by atoms with Gasteiger partial charge in [0.1, 0.15) is 18.1 Å². The SMILES string of the molecule is Cc1ccccc1[C@@H]1C[C@H](NC(=O)c2ccc3c(c2)C[C@@]2(C3)C(=O)NC(=O)N2C)C(=O)N(CC(F)(F)F)[C@@H]1C. The van der Waals surface area contributed by atoms with E-state index in [2.05, 4.69) is 10.6 Å². The third kappa shape index (κ3) is 4.63. The molecule has 0 unspecified atom stereocenters. The number of amides is 5. The van der Waals surface area contributed by atoms with E-state index in [9.17, 15) is 32.3 Å². The Bertz CT molecular complexity index is 1380. The van der Waals surface area contributed by atoms with Crippen LogP contribution in [0.4, 0.5) is 18.0 Å². The van der Waals surface area contributed by atoms with Gasteiger partial charge in [-0.25, -0.2) is 4.79 Å². The Kier molecular flexibility index (Phi) is 6.43. The Morgan fingerprint density at radius 1 is 1.10 bits per heavy atom. The highest BCUT2D eigenvalue weighted by molar-refractivity contribution is 6.08. The van der Waals surface area contributed by atoms with E-state index in [1.54, 1.807) is 38.2 Å². The zero-order valence-corrected chi connectivity index (χ0v) is 21.8. The second-order valence-electron chi connectivity index (χ2n) is 10.7. The third-order valence-corrected chi connectivity index (χ3v) is 8.41. The molecule has 5 amide bonds. The molecule has 0 radical (unpaired) electrons. The van der Waals surface area contributed by atoms with Crippen molar-refractivity contribution in [2.24, 2.45) is 0 Å². The Hall–Kier alpha value is -3.89. The van der Waals surface area contributed by atoms with Gasteiger partial charge in [-0.05, 0) is 54.7 Å². The van der Waals surface area contributed by atoms with Gasteiger partial charge in [0.15, 0.2) is 0 Å². The number of piperidine rings is 1. The number of hydrogen-bond acceptors (Lipinski definition) is 4. The maximum atomic E-state index is 13.4. The number of hydrogen-bond donors (Lipinski definition) is 2. The van der Waals surface area contributed by atoms with Crippen LogP contribution in [0, 0.1) is 6.92 Å². The van der Waals surface area contributed by atoms with Gasteiger partial charge in [0.05, 0.1) is 0 Å². The fourth-order valence-electron chi connectivity index (χ4n) is 6.18. The highest BCUT2D eigenvalue weighted by atomic mass is 19.4. The average Bonchev–Trinajstić information content (AvgIpc) is 3.36. The number of urea groups is 1. The van der Waals surface area contributed by atoms with E-state index in [0.717, 1.165) is 27.2 Å². The molecule has 2 N–H and O–H groups in total. The van der Waals surface area contributed by atoms with Crippen LogP contribution in [0.25, 0.3) is 0 Å². The molecular weight excluding hydrogens is 513 g/mol. The minimum absolute atomic E-state index is 0.159. The summed E-state index contributed by atoms with van der Waals surface area (Å²) < 4.78 is 40.3. The van der Waals surface area contributed by atoms with Gasteiger partial charge in [-0.2, -0.15) is 13.2 Å². The third-order valence-electron chi connectivity index (χ3n) is 8.41. The van der Waals surface area contributed by atoms with Crippen molar-refractivity contribution in [3.63, 3.8) is 0 Å². The number of imide groups is 1. The number of likely N-dealkylation sites (tertiary alicyclic amines) is 1. The van der Waals surface area contributed by atoms with Crippen LogP contribution in [0.2, 0.25) is 0 Å². The van der Waals surface area contributed by atoms with Crippen LogP contribution in [0.1, 0.15) is 51.9 Å². The Balaban J connectivity index is 1.39. The van der Waals surface area contributed by atoms with Crippen LogP contribution in [0.3, 0.4) is 0 Å². The molecule has 1 aliphatic carbocycles. The van der Waals surface area contributed by atoms with Gasteiger partial charge < -0.3 is 15.1 Å². The molecule has 2 aliphatic heterocycles. The van der Waals surface area contributed by atoms with Crippen LogP contribution < -0.4 is 10.6 Å². The van der Waals surface area contributed by atoms with Crippen molar-refractivity contribution >= 4 is 23.8 Å². The van der Waals surface area contributed by atoms with E-state index < -0.39 is 60.0 Å². The number of carbonyl (C=O) groups is 4. The molecule has 1 spiro atoms. The van der Waals surface area contributed by atoms with Crippen LogP contribution in [-0.4, -0.2) is 70.9 Å². The standard InChI is InChI=1S/C28H29F3N4O4/c1-15-6-4-5-7-20(15)21-11-22(24(37)35(16(21)2)14-28(29,30)31)32-23(36)17-8-9-18-12-27(13-19(18)10-17)25(38)33-26(39)34(27)3/h4-10,16,21-22H,11-14H2,1-3H3,(H,32,36)(H,33,38,39)/t16-,21-,22+,27+/m1/s1. The summed E-state index contributed by atoms with van der Waals surface area (Å²) in [4.78, 5) is 53.3. The minimum atomic E-state index is -4.59. The topological polar surface area (TPSA) is 98.8 Å². The fourth-order valence-corrected chi connectivity index (χ4v) is 6.18. The number of alkyl halides is 3. The van der Waals surface area contributed by atoms with Gasteiger partial charge in [0.2, 0.25) is 5.91 Å². The van der Waals surface area contributed by atoms with E-state index in [4.69, 9.17) is 0 Å². The number of carbonyl (C=O) groups excluding carboxylic acids is 4. The molecule has 4 atom stereocenters. The van der Waals surface area contributed by atoms with Crippen molar-refractivity contribution in [1.82, 2.24) is 20.4 Å². The molecule has 2 heterocycles. The first-order valence-corrected chi connectivity index (χ1v) is 12.8. The summed E-state index contributed by atoms with van der Waals surface area (Å²) in [5.41, 5.74) is 2.44. The molecule has 2 saturated heterocycles. The highest BCUT2D eigenvalue weighted by Gasteiger charge is 2.54. The number of benzene rings is 2. The normalized spacial score (nSPS) is 26.7. The number of nitrogens with zero attached hydrogens (tertiary/aromatic N) is 2. The Morgan fingerprint density at radius 2 is 1.79 bits per heavy atom. The first-order chi connectivity index (χ1) is 18.3. The number of aryl methyl sites for hydroxylation is 1. The molecule has 0 saturated carbocycles. The van der Waals surface area contributed by atoms with Gasteiger partial charge in [-0.1, -0.05) is 30.3 Å². The lowest BCUT2D eigenvalue weighted by molar-refractivity contribution is -0.170. The number of likely N-dealkylation sites (N-methyl/N-ethyl adjacent to an activating group) is 1. The second kappa shape index (κ2) is 9.39. The molecule has 0 aromatic heterocycles. The van der Waals surface area contributed by atoms with E-state index in [0.29, 0.717) is 6.42 Å². The molecule has 2 aromatic carbocycles. The first kappa shape index (κ1) is 26.7. The second-order valence-corrected chi connectivity index (χ2v) is 10.7. The molecule has 11 heteroatoms. The lowest BCUT2D eigenvalue weighted by atomic mass is 9.80. The van der Waals surface area contributed by atoms with E-state index in [1.165, 1.54) is 4.90 Å². The molecule has 39 heavy (non-hydrogen) atoms. The Labute approximate surface area is 223 Å². The zero-order chi connectivity index (χ0) is 28.3. The highest BCUT2D eigenvalue weighted by Crippen LogP contribution is 2.38. The quantitative estimate of drug-likeness (QED) is 0.581. The first-order valence-electron chi connectivity index (χ1n) is 12.8. The van der Waals surface area contributed by atoms with E-state index in [-0.39, 0.29) is 18.4 Å².